The number of hydrogen-bond donors (Lipinski definition) is 1. The van der Waals surface area contributed by atoms with E-state index in [0.717, 1.165) is 64.8 Å². The summed E-state index contributed by atoms with van der Waals surface area (Å²) >= 11 is 0. The van der Waals surface area contributed by atoms with Crippen LogP contribution in [-0.2, 0) is 22.6 Å². The zero-order valence-electron chi connectivity index (χ0n) is 22.5. The first-order chi connectivity index (χ1) is 17.9. The fourth-order valence-electron chi connectivity index (χ4n) is 5.21. The van der Waals surface area contributed by atoms with Gasteiger partial charge in [-0.25, -0.2) is 0 Å². The molecule has 1 atom stereocenters. The lowest BCUT2D eigenvalue weighted by Crippen LogP contribution is -2.45. The molecular weight excluding hydrogens is 460 g/mol. The lowest BCUT2D eigenvalue weighted by atomic mass is 9.91. The number of nitrogens with zero attached hydrogens (tertiary/aromatic N) is 1. The summed E-state index contributed by atoms with van der Waals surface area (Å²) in [6.07, 6.45) is 4.07. The Morgan fingerprint density at radius 2 is 1.70 bits per heavy atom. The van der Waals surface area contributed by atoms with Gasteiger partial charge in [0.2, 0.25) is 5.91 Å². The van der Waals surface area contributed by atoms with Gasteiger partial charge in [0, 0.05) is 18.7 Å². The number of hydrogen-bond acceptors (Lipinski definition) is 3. The molecule has 3 aromatic rings. The van der Waals surface area contributed by atoms with Crippen molar-refractivity contribution in [2.24, 2.45) is 0 Å². The summed E-state index contributed by atoms with van der Waals surface area (Å²) < 4.78 is 6.10. The van der Waals surface area contributed by atoms with Crippen LogP contribution in [0.15, 0.2) is 60.7 Å². The van der Waals surface area contributed by atoms with E-state index in [4.69, 9.17) is 4.74 Å². The molecule has 1 aliphatic heterocycles. The Bertz CT molecular complexity index is 1230. The van der Waals surface area contributed by atoms with Gasteiger partial charge in [0.1, 0.15) is 18.4 Å². The Morgan fingerprint density at radius 1 is 0.973 bits per heavy atom. The summed E-state index contributed by atoms with van der Waals surface area (Å²) in [4.78, 5) is 29.0. The van der Waals surface area contributed by atoms with Gasteiger partial charge in [-0.05, 0) is 73.6 Å². The zero-order valence-corrected chi connectivity index (χ0v) is 22.5. The number of amides is 2. The lowest BCUT2D eigenvalue weighted by Gasteiger charge is -2.37. The minimum atomic E-state index is -0.696. The van der Waals surface area contributed by atoms with Crippen LogP contribution in [-0.4, -0.2) is 23.3 Å². The lowest BCUT2D eigenvalue weighted by molar-refractivity contribution is -0.139. The fourth-order valence-corrected chi connectivity index (χ4v) is 5.21. The predicted molar refractivity (Wildman–Crippen MR) is 149 cm³/mol. The van der Waals surface area contributed by atoms with Crippen molar-refractivity contribution in [1.29, 1.82) is 0 Å². The van der Waals surface area contributed by atoms with Crippen LogP contribution in [0.25, 0.3) is 0 Å². The fraction of sp³-hybridized carbons (Fsp3) is 0.375. The number of nitrogens with one attached hydrogen (secondary N) is 1. The van der Waals surface area contributed by atoms with E-state index in [-0.39, 0.29) is 11.8 Å². The Balaban J connectivity index is 1.64. The molecule has 4 rings (SSSR count). The molecule has 0 spiro atoms. The van der Waals surface area contributed by atoms with E-state index in [0.29, 0.717) is 25.3 Å². The number of benzene rings is 3. The molecule has 3 aromatic carbocycles. The van der Waals surface area contributed by atoms with Crippen LogP contribution >= 0.6 is 0 Å². The van der Waals surface area contributed by atoms with Crippen LogP contribution in [0.5, 0.6) is 5.75 Å². The Morgan fingerprint density at radius 3 is 2.41 bits per heavy atom. The third-order valence-electron chi connectivity index (χ3n) is 7.08. The van der Waals surface area contributed by atoms with E-state index >= 15 is 0 Å². The topological polar surface area (TPSA) is 58.6 Å². The van der Waals surface area contributed by atoms with Gasteiger partial charge in [0.15, 0.2) is 0 Å². The van der Waals surface area contributed by atoms with Crippen molar-refractivity contribution in [3.63, 3.8) is 0 Å². The second-order valence-electron chi connectivity index (χ2n) is 10.1. The molecule has 0 aromatic heterocycles. The van der Waals surface area contributed by atoms with Crippen LogP contribution in [0.2, 0.25) is 0 Å². The molecule has 37 heavy (non-hydrogen) atoms. The molecule has 194 valence electrons. The van der Waals surface area contributed by atoms with E-state index in [9.17, 15) is 9.59 Å². The van der Waals surface area contributed by atoms with Crippen molar-refractivity contribution in [1.82, 2.24) is 4.90 Å². The molecule has 1 aliphatic rings. The molecule has 5 heteroatoms. The second-order valence-corrected chi connectivity index (χ2v) is 10.1. The molecule has 0 aliphatic carbocycles. The smallest absolute Gasteiger partial charge is 0.251 e. The number of rotatable bonds is 9. The standard InChI is InChI=1S/C32H38N2O3/c1-5-6-8-13-29(35)34-17-16-26-14-15-27(37-21-25-11-9-7-10-12-25)20-28(26)31(34)32(36)33-30-23(3)18-22(2)19-24(30)4/h7,9-12,14-15,18-20,31H,5-6,8,13,16-17,21H2,1-4H3,(H,33,36). The monoisotopic (exact) mass is 498 g/mol. The molecular formula is C32H38N2O3. The van der Waals surface area contributed by atoms with Crippen molar-refractivity contribution < 1.29 is 14.3 Å². The zero-order chi connectivity index (χ0) is 26.4. The van der Waals surface area contributed by atoms with Crippen molar-refractivity contribution in [2.45, 2.75) is 72.4 Å². The molecule has 0 radical (unpaired) electrons. The number of carbonyl (C=O) groups excluding carboxylic acids is 2. The third kappa shape index (κ3) is 6.40. The normalized spacial score (nSPS) is 14.7. The summed E-state index contributed by atoms with van der Waals surface area (Å²) in [5.74, 6) is 0.552. The summed E-state index contributed by atoms with van der Waals surface area (Å²) in [6, 6.07) is 19.4. The number of unbranched alkanes of at least 4 members (excludes halogenated alkanes) is 2. The van der Waals surface area contributed by atoms with Crippen LogP contribution in [0.1, 0.15) is 72.0 Å². The number of carbonyl (C=O) groups is 2. The predicted octanol–water partition coefficient (Wildman–Crippen LogP) is 6.84. The minimum absolute atomic E-state index is 0.0345. The summed E-state index contributed by atoms with van der Waals surface area (Å²) in [7, 11) is 0. The van der Waals surface area contributed by atoms with Gasteiger partial charge < -0.3 is 15.0 Å². The molecule has 0 fully saturated rings. The highest BCUT2D eigenvalue weighted by atomic mass is 16.5. The highest BCUT2D eigenvalue weighted by Crippen LogP contribution is 2.35. The van der Waals surface area contributed by atoms with Crippen molar-refractivity contribution in [3.05, 3.63) is 94.0 Å². The van der Waals surface area contributed by atoms with Crippen molar-refractivity contribution in [2.75, 3.05) is 11.9 Å². The van der Waals surface area contributed by atoms with Gasteiger partial charge in [-0.3, -0.25) is 9.59 Å². The largest absolute Gasteiger partial charge is 0.489 e. The van der Waals surface area contributed by atoms with Gasteiger partial charge >= 0.3 is 0 Å². The molecule has 0 bridgehead atoms. The van der Waals surface area contributed by atoms with Gasteiger partial charge in [-0.1, -0.05) is 73.9 Å². The maximum atomic E-state index is 13.9. The summed E-state index contributed by atoms with van der Waals surface area (Å²) in [6.45, 7) is 9.17. The van der Waals surface area contributed by atoms with Gasteiger partial charge in [0.25, 0.3) is 5.91 Å². The molecule has 1 unspecified atom stereocenters. The molecule has 0 saturated heterocycles. The van der Waals surface area contributed by atoms with Crippen molar-refractivity contribution in [3.8, 4) is 5.75 Å². The number of fused-ring (bicyclic) bond motifs is 1. The Kier molecular flexibility index (Phi) is 8.65. The van der Waals surface area contributed by atoms with Crippen LogP contribution in [0.3, 0.4) is 0 Å². The first-order valence-electron chi connectivity index (χ1n) is 13.3. The van der Waals surface area contributed by atoms with Crippen molar-refractivity contribution >= 4 is 17.5 Å². The van der Waals surface area contributed by atoms with E-state index < -0.39 is 6.04 Å². The molecule has 1 N–H and O–H groups in total. The maximum absolute atomic E-state index is 13.9. The third-order valence-corrected chi connectivity index (χ3v) is 7.08. The molecule has 1 heterocycles. The Labute approximate surface area is 220 Å². The summed E-state index contributed by atoms with van der Waals surface area (Å²) in [5.41, 5.74) is 7.02. The van der Waals surface area contributed by atoms with E-state index in [1.54, 1.807) is 4.90 Å². The number of ether oxygens (including phenoxy) is 1. The number of anilines is 1. The SMILES string of the molecule is CCCCCC(=O)N1CCc2ccc(OCc3ccccc3)cc2C1C(=O)Nc1c(C)cc(C)cc1C. The van der Waals surface area contributed by atoms with Crippen LogP contribution in [0.4, 0.5) is 5.69 Å². The van der Waals surface area contributed by atoms with Crippen LogP contribution < -0.4 is 10.1 Å². The average Bonchev–Trinajstić information content (AvgIpc) is 2.89. The van der Waals surface area contributed by atoms with Crippen LogP contribution in [0, 0.1) is 20.8 Å². The average molecular weight is 499 g/mol. The molecule has 0 saturated carbocycles. The molecule has 2 amide bonds. The quantitative estimate of drug-likeness (QED) is 0.329. The Hall–Kier alpha value is -3.60. The van der Waals surface area contributed by atoms with Gasteiger partial charge in [-0.2, -0.15) is 0 Å². The highest BCUT2D eigenvalue weighted by Gasteiger charge is 2.36. The first kappa shape index (κ1) is 26.5. The highest BCUT2D eigenvalue weighted by molar-refractivity contribution is 5.99. The van der Waals surface area contributed by atoms with E-state index in [2.05, 4.69) is 31.3 Å². The maximum Gasteiger partial charge on any atom is 0.251 e. The first-order valence-corrected chi connectivity index (χ1v) is 13.3. The van der Waals surface area contributed by atoms with Gasteiger partial charge in [0.05, 0.1) is 0 Å². The minimum Gasteiger partial charge on any atom is -0.489 e. The van der Waals surface area contributed by atoms with Gasteiger partial charge in [-0.15, -0.1) is 0 Å². The van der Waals surface area contributed by atoms with E-state index in [1.165, 1.54) is 0 Å². The molecule has 5 nitrogen and oxygen atoms in total. The van der Waals surface area contributed by atoms with E-state index in [1.807, 2.05) is 62.4 Å². The second kappa shape index (κ2) is 12.1. The summed E-state index contributed by atoms with van der Waals surface area (Å²) in [5, 5.41) is 3.17. The number of aryl methyl sites for hydroxylation is 3.